The highest BCUT2D eigenvalue weighted by molar-refractivity contribution is 6.42. The second kappa shape index (κ2) is 8.50. The van der Waals surface area contributed by atoms with Gasteiger partial charge in [-0.25, -0.2) is 4.79 Å². The molecule has 0 saturated heterocycles. The van der Waals surface area contributed by atoms with E-state index in [-0.39, 0.29) is 12.1 Å². The first-order valence-corrected chi connectivity index (χ1v) is 10.2. The van der Waals surface area contributed by atoms with Gasteiger partial charge in [0.15, 0.2) is 11.5 Å². The largest absolute Gasteiger partial charge is 0.493 e. The topological polar surface area (TPSA) is 55.7 Å². The van der Waals surface area contributed by atoms with Crippen LogP contribution in [0.4, 0.5) is 10.5 Å². The van der Waals surface area contributed by atoms with Crippen LogP contribution in [0, 0.1) is 0 Å². The van der Waals surface area contributed by atoms with Crippen molar-refractivity contribution in [3.8, 4) is 11.5 Å². The molecule has 4 rings (SSSR count). The SMILES string of the molecule is COc1ccc([C@@H]2c3cccn3CCN2C(=O)Nc2ccc(Cl)c(Cl)c2)cc1OC. The van der Waals surface area contributed by atoms with Gasteiger partial charge in [-0.05, 0) is 48.0 Å². The number of rotatable bonds is 4. The third-order valence-electron chi connectivity index (χ3n) is 5.19. The highest BCUT2D eigenvalue weighted by Gasteiger charge is 2.33. The molecule has 0 spiro atoms. The summed E-state index contributed by atoms with van der Waals surface area (Å²) < 4.78 is 13.0. The highest BCUT2D eigenvalue weighted by Crippen LogP contribution is 2.37. The van der Waals surface area contributed by atoms with Crippen LogP contribution >= 0.6 is 23.2 Å². The van der Waals surface area contributed by atoms with Gasteiger partial charge in [0.05, 0.1) is 30.3 Å². The number of amides is 2. The first-order chi connectivity index (χ1) is 14.5. The van der Waals surface area contributed by atoms with E-state index in [4.69, 9.17) is 32.7 Å². The fourth-order valence-corrected chi connectivity index (χ4v) is 4.04. The second-order valence-corrected chi connectivity index (χ2v) is 7.71. The van der Waals surface area contributed by atoms with E-state index < -0.39 is 0 Å². The zero-order valence-corrected chi connectivity index (χ0v) is 18.1. The van der Waals surface area contributed by atoms with Crippen molar-refractivity contribution in [2.24, 2.45) is 0 Å². The number of nitrogens with zero attached hydrogens (tertiary/aromatic N) is 2. The molecule has 8 heteroatoms. The van der Waals surface area contributed by atoms with Gasteiger partial charge < -0.3 is 24.3 Å². The molecule has 0 aliphatic carbocycles. The molecule has 3 aromatic rings. The molecule has 0 fully saturated rings. The minimum atomic E-state index is -0.281. The lowest BCUT2D eigenvalue weighted by atomic mass is 9.99. The number of methoxy groups -OCH3 is 2. The number of benzene rings is 2. The molecule has 1 aliphatic rings. The van der Waals surface area contributed by atoms with E-state index in [1.165, 1.54) is 0 Å². The van der Waals surface area contributed by atoms with Gasteiger partial charge >= 0.3 is 6.03 Å². The van der Waals surface area contributed by atoms with Gasteiger partial charge in [-0.3, -0.25) is 0 Å². The molecule has 1 atom stereocenters. The van der Waals surface area contributed by atoms with E-state index in [1.807, 2.05) is 36.5 Å². The number of urea groups is 1. The Morgan fingerprint density at radius 1 is 1.00 bits per heavy atom. The van der Waals surface area contributed by atoms with E-state index in [9.17, 15) is 4.79 Å². The zero-order chi connectivity index (χ0) is 21.3. The molecule has 30 heavy (non-hydrogen) atoms. The Labute approximate surface area is 184 Å². The second-order valence-electron chi connectivity index (χ2n) is 6.90. The van der Waals surface area contributed by atoms with Crippen molar-refractivity contribution in [2.45, 2.75) is 12.6 Å². The van der Waals surface area contributed by atoms with Crippen LogP contribution < -0.4 is 14.8 Å². The smallest absolute Gasteiger partial charge is 0.322 e. The van der Waals surface area contributed by atoms with Crippen LogP contribution in [0.15, 0.2) is 54.7 Å². The Morgan fingerprint density at radius 3 is 2.53 bits per heavy atom. The van der Waals surface area contributed by atoms with Crippen molar-refractivity contribution in [1.29, 1.82) is 0 Å². The fraction of sp³-hybridized carbons (Fsp3) is 0.227. The summed E-state index contributed by atoms with van der Waals surface area (Å²) in [6.45, 7) is 1.26. The first kappa shape index (κ1) is 20.4. The lowest BCUT2D eigenvalue weighted by Crippen LogP contribution is -2.44. The number of anilines is 1. The van der Waals surface area contributed by atoms with Crippen molar-refractivity contribution in [2.75, 3.05) is 26.1 Å². The quantitative estimate of drug-likeness (QED) is 0.580. The predicted molar refractivity (Wildman–Crippen MR) is 118 cm³/mol. The summed E-state index contributed by atoms with van der Waals surface area (Å²) in [4.78, 5) is 15.0. The van der Waals surface area contributed by atoms with Crippen molar-refractivity contribution < 1.29 is 14.3 Å². The third-order valence-corrected chi connectivity index (χ3v) is 5.93. The number of fused-ring (bicyclic) bond motifs is 1. The minimum absolute atomic E-state index is 0.222. The van der Waals surface area contributed by atoms with Gasteiger partial charge in [-0.15, -0.1) is 0 Å². The summed E-state index contributed by atoms with van der Waals surface area (Å²) in [5, 5.41) is 3.76. The first-order valence-electron chi connectivity index (χ1n) is 9.41. The number of carbonyl (C=O) groups excluding carboxylic acids is 1. The number of halogens is 2. The van der Waals surface area contributed by atoms with E-state index in [2.05, 4.69) is 9.88 Å². The number of hydrogen-bond donors (Lipinski definition) is 1. The number of nitrogens with one attached hydrogen (secondary N) is 1. The predicted octanol–water partition coefficient (Wildman–Crippen LogP) is 5.45. The number of ether oxygens (including phenoxy) is 2. The summed E-state index contributed by atoms with van der Waals surface area (Å²) in [5.41, 5.74) is 2.54. The lowest BCUT2D eigenvalue weighted by Gasteiger charge is -2.37. The summed E-state index contributed by atoms with van der Waals surface area (Å²) in [6.07, 6.45) is 2.03. The Hall–Kier alpha value is -2.83. The van der Waals surface area contributed by atoms with Gasteiger partial charge in [-0.1, -0.05) is 29.3 Å². The van der Waals surface area contributed by atoms with Crippen molar-refractivity contribution in [3.05, 3.63) is 76.0 Å². The minimum Gasteiger partial charge on any atom is -0.493 e. The average Bonchev–Trinajstić information content (AvgIpc) is 3.24. The molecule has 0 saturated carbocycles. The molecule has 0 bridgehead atoms. The van der Waals surface area contributed by atoms with Crippen LogP contribution in [0.3, 0.4) is 0 Å². The van der Waals surface area contributed by atoms with Crippen LogP contribution in [-0.4, -0.2) is 36.3 Å². The maximum Gasteiger partial charge on any atom is 0.322 e. The fourth-order valence-electron chi connectivity index (χ4n) is 3.74. The Balaban J connectivity index is 1.69. The lowest BCUT2D eigenvalue weighted by molar-refractivity contribution is 0.181. The van der Waals surface area contributed by atoms with Gasteiger partial charge in [0.1, 0.15) is 0 Å². The normalized spacial score (nSPS) is 15.5. The number of aromatic nitrogens is 1. The number of hydrogen-bond acceptors (Lipinski definition) is 3. The van der Waals surface area contributed by atoms with Crippen LogP contribution in [0.2, 0.25) is 10.0 Å². The van der Waals surface area contributed by atoms with Crippen LogP contribution in [-0.2, 0) is 6.54 Å². The van der Waals surface area contributed by atoms with E-state index in [0.717, 1.165) is 11.3 Å². The molecule has 156 valence electrons. The third kappa shape index (κ3) is 3.80. The maximum absolute atomic E-state index is 13.2. The molecular formula is C22H21Cl2N3O3. The van der Waals surface area contributed by atoms with E-state index in [1.54, 1.807) is 37.3 Å². The molecule has 1 aromatic heterocycles. The molecule has 2 amide bonds. The molecule has 2 aromatic carbocycles. The standard InChI is InChI=1S/C22H21Cl2N3O3/c1-29-19-8-5-14(12-20(19)30-2)21-18-4-3-9-26(18)10-11-27(21)22(28)25-15-6-7-16(23)17(24)13-15/h3-9,12-13,21H,10-11H2,1-2H3,(H,25,28)/t21-/m1/s1. The summed E-state index contributed by atoms with van der Waals surface area (Å²) in [5.74, 6) is 1.25. The van der Waals surface area contributed by atoms with Gasteiger partial charge in [-0.2, -0.15) is 0 Å². The summed E-state index contributed by atoms with van der Waals surface area (Å²) in [6, 6.07) is 14.3. The van der Waals surface area contributed by atoms with Crippen LogP contribution in [0.5, 0.6) is 11.5 Å². The Bertz CT molecular complexity index is 1080. The average molecular weight is 446 g/mol. The molecule has 2 heterocycles. The number of carbonyl (C=O) groups is 1. The molecule has 0 unspecified atom stereocenters. The highest BCUT2D eigenvalue weighted by atomic mass is 35.5. The molecule has 1 aliphatic heterocycles. The molecule has 6 nitrogen and oxygen atoms in total. The Kier molecular flexibility index (Phi) is 5.79. The van der Waals surface area contributed by atoms with Crippen molar-refractivity contribution >= 4 is 34.9 Å². The summed E-state index contributed by atoms with van der Waals surface area (Å²) >= 11 is 12.1. The van der Waals surface area contributed by atoms with Crippen molar-refractivity contribution in [3.63, 3.8) is 0 Å². The van der Waals surface area contributed by atoms with Gasteiger partial charge in [0.2, 0.25) is 0 Å². The zero-order valence-electron chi connectivity index (χ0n) is 16.6. The monoisotopic (exact) mass is 445 g/mol. The van der Waals surface area contributed by atoms with Crippen molar-refractivity contribution in [1.82, 2.24) is 9.47 Å². The van der Waals surface area contributed by atoms with Crippen LogP contribution in [0.25, 0.3) is 0 Å². The van der Waals surface area contributed by atoms with E-state index in [0.29, 0.717) is 40.3 Å². The van der Waals surface area contributed by atoms with Gasteiger partial charge in [0.25, 0.3) is 0 Å². The van der Waals surface area contributed by atoms with Crippen LogP contribution in [0.1, 0.15) is 17.3 Å². The molecule has 0 radical (unpaired) electrons. The molecular weight excluding hydrogens is 425 g/mol. The van der Waals surface area contributed by atoms with Gasteiger partial charge in [0, 0.05) is 30.7 Å². The summed E-state index contributed by atoms with van der Waals surface area (Å²) in [7, 11) is 3.19. The maximum atomic E-state index is 13.2. The van der Waals surface area contributed by atoms with E-state index >= 15 is 0 Å². The Morgan fingerprint density at radius 2 is 1.80 bits per heavy atom. The molecule has 1 N–H and O–H groups in total.